The van der Waals surface area contributed by atoms with Crippen LogP contribution in [0.15, 0.2) is 24.3 Å². The molecule has 1 aromatic rings. The van der Waals surface area contributed by atoms with Gasteiger partial charge in [-0.1, -0.05) is 23.7 Å². The summed E-state index contributed by atoms with van der Waals surface area (Å²) in [6.07, 6.45) is 0.0840. The zero-order valence-corrected chi connectivity index (χ0v) is 11.7. The van der Waals surface area contributed by atoms with Crippen molar-refractivity contribution in [3.63, 3.8) is 0 Å². The molecule has 0 aliphatic heterocycles. The molecular weight excluding hydrogens is 284 g/mol. The first kappa shape index (κ1) is 16.0. The van der Waals surface area contributed by atoms with Crippen molar-refractivity contribution in [3.05, 3.63) is 34.9 Å². The molecule has 0 spiro atoms. The van der Waals surface area contributed by atoms with Crippen molar-refractivity contribution >= 4 is 29.4 Å². The number of methoxy groups -OCH3 is 1. The van der Waals surface area contributed by atoms with Gasteiger partial charge in [-0.25, -0.2) is 0 Å². The van der Waals surface area contributed by atoms with E-state index in [2.05, 4.69) is 15.4 Å². The Morgan fingerprint density at radius 3 is 2.55 bits per heavy atom. The summed E-state index contributed by atoms with van der Waals surface area (Å²) in [5, 5.41) is 5.24. The lowest BCUT2D eigenvalue weighted by atomic mass is 10.2. The quantitative estimate of drug-likeness (QED) is 0.759. The summed E-state index contributed by atoms with van der Waals surface area (Å²) in [4.78, 5) is 34.0. The lowest BCUT2D eigenvalue weighted by Gasteiger charge is -2.07. The number of benzene rings is 1. The summed E-state index contributed by atoms with van der Waals surface area (Å²) in [6, 6.07) is 6.54. The van der Waals surface area contributed by atoms with Crippen molar-refractivity contribution < 1.29 is 19.1 Å². The van der Waals surface area contributed by atoms with Gasteiger partial charge in [-0.3, -0.25) is 14.4 Å². The van der Waals surface area contributed by atoms with Gasteiger partial charge >= 0.3 is 5.97 Å². The van der Waals surface area contributed by atoms with Crippen LogP contribution in [-0.4, -0.2) is 38.0 Å². The number of esters is 1. The molecule has 0 aromatic heterocycles. The molecule has 1 rings (SSSR count). The molecule has 0 bridgehead atoms. The molecule has 1 aromatic carbocycles. The van der Waals surface area contributed by atoms with E-state index in [9.17, 15) is 14.4 Å². The Labute approximate surface area is 121 Å². The van der Waals surface area contributed by atoms with E-state index in [0.717, 1.165) is 0 Å². The third-order valence-electron chi connectivity index (χ3n) is 2.41. The zero-order valence-electron chi connectivity index (χ0n) is 10.9. The van der Waals surface area contributed by atoms with E-state index < -0.39 is 17.8 Å². The fourth-order valence-electron chi connectivity index (χ4n) is 1.37. The van der Waals surface area contributed by atoms with Crippen molar-refractivity contribution in [3.8, 4) is 0 Å². The molecule has 0 atom stereocenters. The van der Waals surface area contributed by atoms with Gasteiger partial charge in [0.1, 0.15) is 0 Å². The maximum Gasteiger partial charge on any atom is 0.307 e. The fourth-order valence-corrected chi connectivity index (χ4v) is 1.59. The Bertz CT molecular complexity index is 505. The molecule has 2 N–H and O–H groups in total. The van der Waals surface area contributed by atoms with Crippen LogP contribution in [-0.2, 0) is 14.3 Å². The molecule has 20 heavy (non-hydrogen) atoms. The van der Waals surface area contributed by atoms with Crippen LogP contribution in [0, 0.1) is 0 Å². The maximum atomic E-state index is 11.7. The van der Waals surface area contributed by atoms with Gasteiger partial charge < -0.3 is 15.4 Å². The van der Waals surface area contributed by atoms with Crippen molar-refractivity contribution in [2.75, 3.05) is 20.2 Å². The summed E-state index contributed by atoms with van der Waals surface area (Å²) in [5.41, 5.74) is 0.302. The predicted octanol–water partition coefficient (Wildman–Crippen LogP) is 0.749. The molecule has 7 heteroatoms. The van der Waals surface area contributed by atoms with Crippen molar-refractivity contribution in [1.29, 1.82) is 0 Å². The third kappa shape index (κ3) is 5.27. The molecule has 108 valence electrons. The number of rotatable bonds is 6. The average molecular weight is 299 g/mol. The highest BCUT2D eigenvalue weighted by Gasteiger charge is 2.11. The van der Waals surface area contributed by atoms with Gasteiger partial charge in [-0.2, -0.15) is 0 Å². The highest BCUT2D eigenvalue weighted by Crippen LogP contribution is 2.14. The molecule has 0 saturated heterocycles. The standard InChI is InChI=1S/C13H15ClN2O4/c1-20-12(18)6-7-15-11(17)8-16-13(19)9-4-2-3-5-10(9)14/h2-5H,6-8H2,1H3,(H,15,17)(H,16,19). The van der Waals surface area contributed by atoms with Crippen molar-refractivity contribution in [1.82, 2.24) is 10.6 Å². The highest BCUT2D eigenvalue weighted by atomic mass is 35.5. The second kappa shape index (κ2) is 8.16. The summed E-state index contributed by atoms with van der Waals surface area (Å²) >= 11 is 5.86. The molecule has 0 unspecified atom stereocenters. The second-order valence-electron chi connectivity index (χ2n) is 3.84. The van der Waals surface area contributed by atoms with Crippen LogP contribution >= 0.6 is 11.6 Å². The molecule has 0 heterocycles. The van der Waals surface area contributed by atoms with Gasteiger partial charge in [0.15, 0.2) is 0 Å². The monoisotopic (exact) mass is 298 g/mol. The number of amides is 2. The third-order valence-corrected chi connectivity index (χ3v) is 2.74. The van der Waals surface area contributed by atoms with Gasteiger partial charge in [-0.15, -0.1) is 0 Å². The predicted molar refractivity (Wildman–Crippen MR) is 73.4 cm³/mol. The smallest absolute Gasteiger partial charge is 0.307 e. The van der Waals surface area contributed by atoms with Crippen LogP contribution in [0.5, 0.6) is 0 Å². The van der Waals surface area contributed by atoms with Crippen LogP contribution in [0.2, 0.25) is 5.02 Å². The second-order valence-corrected chi connectivity index (χ2v) is 4.25. The summed E-state index contributed by atoms with van der Waals surface area (Å²) in [6.45, 7) is -0.0291. The largest absolute Gasteiger partial charge is 0.469 e. The number of hydrogen-bond donors (Lipinski definition) is 2. The Kier molecular flexibility index (Phi) is 6.52. The number of halogens is 1. The van der Waals surface area contributed by atoms with E-state index in [1.807, 2.05) is 0 Å². The lowest BCUT2D eigenvalue weighted by Crippen LogP contribution is -2.37. The van der Waals surface area contributed by atoms with Crippen LogP contribution in [0.3, 0.4) is 0 Å². The Morgan fingerprint density at radius 1 is 1.20 bits per heavy atom. The first-order chi connectivity index (χ1) is 9.54. The first-order valence-electron chi connectivity index (χ1n) is 5.91. The maximum absolute atomic E-state index is 11.7. The Balaban J connectivity index is 2.33. The SMILES string of the molecule is COC(=O)CCNC(=O)CNC(=O)c1ccccc1Cl. The van der Waals surface area contributed by atoms with Gasteiger partial charge in [0.25, 0.3) is 5.91 Å². The minimum absolute atomic E-state index is 0.0840. The minimum Gasteiger partial charge on any atom is -0.469 e. The normalized spacial score (nSPS) is 9.70. The van der Waals surface area contributed by atoms with E-state index in [-0.39, 0.29) is 19.5 Å². The van der Waals surface area contributed by atoms with Gasteiger partial charge in [0, 0.05) is 6.54 Å². The van der Waals surface area contributed by atoms with Crippen LogP contribution in [0.25, 0.3) is 0 Å². The number of carbonyl (C=O) groups is 3. The summed E-state index contributed by atoms with van der Waals surface area (Å²) in [5.74, 6) is -1.24. The summed E-state index contributed by atoms with van der Waals surface area (Å²) in [7, 11) is 1.27. The van der Waals surface area contributed by atoms with E-state index in [0.29, 0.717) is 10.6 Å². The van der Waals surface area contributed by atoms with Gasteiger partial charge in [0.2, 0.25) is 5.91 Å². The minimum atomic E-state index is -0.432. The van der Waals surface area contributed by atoms with Crippen molar-refractivity contribution in [2.24, 2.45) is 0 Å². The van der Waals surface area contributed by atoms with Crippen molar-refractivity contribution in [2.45, 2.75) is 6.42 Å². The molecule has 6 nitrogen and oxygen atoms in total. The number of hydrogen-bond acceptors (Lipinski definition) is 4. The van der Waals surface area contributed by atoms with Gasteiger partial charge in [-0.05, 0) is 12.1 Å². The molecule has 0 aliphatic carbocycles. The zero-order chi connectivity index (χ0) is 15.0. The van der Waals surface area contributed by atoms with E-state index in [4.69, 9.17) is 11.6 Å². The molecule has 0 aliphatic rings. The lowest BCUT2D eigenvalue weighted by molar-refractivity contribution is -0.140. The van der Waals surface area contributed by atoms with Gasteiger partial charge in [0.05, 0.1) is 30.7 Å². The number of ether oxygens (including phenoxy) is 1. The first-order valence-corrected chi connectivity index (χ1v) is 6.28. The van der Waals surface area contributed by atoms with Crippen LogP contribution < -0.4 is 10.6 Å². The molecule has 0 radical (unpaired) electrons. The van der Waals surface area contributed by atoms with E-state index in [1.54, 1.807) is 24.3 Å². The molecule has 0 fully saturated rings. The van der Waals surface area contributed by atoms with Crippen LogP contribution in [0.4, 0.5) is 0 Å². The van der Waals surface area contributed by atoms with E-state index in [1.165, 1.54) is 7.11 Å². The number of nitrogens with one attached hydrogen (secondary N) is 2. The Morgan fingerprint density at radius 2 is 1.90 bits per heavy atom. The Hall–Kier alpha value is -2.08. The summed E-state index contributed by atoms with van der Waals surface area (Å²) < 4.78 is 4.43. The topological polar surface area (TPSA) is 84.5 Å². The average Bonchev–Trinajstić information content (AvgIpc) is 2.45. The fraction of sp³-hybridized carbons (Fsp3) is 0.308. The number of carbonyl (C=O) groups excluding carboxylic acids is 3. The van der Waals surface area contributed by atoms with E-state index >= 15 is 0 Å². The highest BCUT2D eigenvalue weighted by molar-refractivity contribution is 6.33. The van der Waals surface area contributed by atoms with Crippen LogP contribution in [0.1, 0.15) is 16.8 Å². The molecule has 2 amide bonds. The molecule has 0 saturated carbocycles. The molecular formula is C13H15ClN2O4.